The summed E-state index contributed by atoms with van der Waals surface area (Å²) in [5.41, 5.74) is 6.37. The molecule has 0 saturated heterocycles. The maximum absolute atomic E-state index is 11.0. The van der Waals surface area contributed by atoms with Crippen LogP contribution in [0.25, 0.3) is 0 Å². The number of rotatable bonds is 3. The van der Waals surface area contributed by atoms with Crippen LogP contribution in [0, 0.1) is 6.92 Å². The lowest BCUT2D eigenvalue weighted by molar-refractivity contribution is 0.0992. The Morgan fingerprint density at radius 3 is 2.57 bits per heavy atom. The van der Waals surface area contributed by atoms with E-state index in [1.165, 1.54) is 13.2 Å². The molecule has 0 spiro atoms. The Hall–Kier alpha value is -1.84. The molecule has 0 radical (unpaired) electrons. The third-order valence-electron chi connectivity index (χ3n) is 1.96. The first-order valence-corrected chi connectivity index (χ1v) is 4.03. The number of amides is 1. The van der Waals surface area contributed by atoms with E-state index in [9.17, 15) is 9.59 Å². The van der Waals surface area contributed by atoms with Crippen molar-refractivity contribution in [3.8, 4) is 5.75 Å². The van der Waals surface area contributed by atoms with Gasteiger partial charge in [-0.3, -0.25) is 9.59 Å². The molecular weight excluding hydrogens is 182 g/mol. The second-order valence-corrected chi connectivity index (χ2v) is 2.89. The topological polar surface area (TPSA) is 69.4 Å². The fourth-order valence-electron chi connectivity index (χ4n) is 1.24. The molecule has 0 aliphatic carbocycles. The van der Waals surface area contributed by atoms with Crippen LogP contribution < -0.4 is 10.5 Å². The van der Waals surface area contributed by atoms with E-state index in [1.54, 1.807) is 13.0 Å². The Balaban J connectivity index is 3.39. The lowest BCUT2D eigenvalue weighted by Gasteiger charge is -2.07. The standard InChI is InChI=1S/C10H11NO3/c1-6-3-7(5-12)8(10(11)13)4-9(6)14-2/h3-5H,1-2H3,(H2,11,13). The molecule has 4 nitrogen and oxygen atoms in total. The average molecular weight is 193 g/mol. The number of hydrogen-bond acceptors (Lipinski definition) is 3. The Bertz CT molecular complexity index is 385. The summed E-state index contributed by atoms with van der Waals surface area (Å²) >= 11 is 0. The van der Waals surface area contributed by atoms with E-state index in [0.29, 0.717) is 12.0 Å². The van der Waals surface area contributed by atoms with Gasteiger partial charge in [-0.05, 0) is 24.6 Å². The van der Waals surface area contributed by atoms with Crippen molar-refractivity contribution in [2.75, 3.05) is 7.11 Å². The predicted molar refractivity (Wildman–Crippen MR) is 51.6 cm³/mol. The smallest absolute Gasteiger partial charge is 0.249 e. The van der Waals surface area contributed by atoms with E-state index < -0.39 is 5.91 Å². The Kier molecular flexibility index (Phi) is 2.86. The van der Waals surface area contributed by atoms with Crippen LogP contribution in [-0.2, 0) is 0 Å². The van der Waals surface area contributed by atoms with Crippen LogP contribution in [0.3, 0.4) is 0 Å². The number of hydrogen-bond donors (Lipinski definition) is 1. The highest BCUT2D eigenvalue weighted by Crippen LogP contribution is 2.21. The molecule has 4 heteroatoms. The Morgan fingerprint density at radius 1 is 1.50 bits per heavy atom. The number of carbonyl (C=O) groups is 2. The largest absolute Gasteiger partial charge is 0.496 e. The summed E-state index contributed by atoms with van der Waals surface area (Å²) in [4.78, 5) is 21.6. The average Bonchev–Trinajstić information content (AvgIpc) is 2.16. The molecular formula is C10H11NO3. The second-order valence-electron chi connectivity index (χ2n) is 2.89. The van der Waals surface area contributed by atoms with E-state index in [-0.39, 0.29) is 11.1 Å². The zero-order valence-corrected chi connectivity index (χ0v) is 8.03. The zero-order chi connectivity index (χ0) is 10.7. The van der Waals surface area contributed by atoms with Crippen LogP contribution in [-0.4, -0.2) is 19.3 Å². The van der Waals surface area contributed by atoms with E-state index in [2.05, 4.69) is 0 Å². The second kappa shape index (κ2) is 3.91. The van der Waals surface area contributed by atoms with Gasteiger partial charge in [-0.25, -0.2) is 0 Å². The van der Waals surface area contributed by atoms with Gasteiger partial charge < -0.3 is 10.5 Å². The van der Waals surface area contributed by atoms with Crippen LogP contribution in [0.4, 0.5) is 0 Å². The third-order valence-corrected chi connectivity index (χ3v) is 1.96. The highest BCUT2D eigenvalue weighted by Gasteiger charge is 2.11. The third kappa shape index (κ3) is 1.74. The maximum Gasteiger partial charge on any atom is 0.249 e. The monoisotopic (exact) mass is 193 g/mol. The first kappa shape index (κ1) is 10.2. The first-order valence-electron chi connectivity index (χ1n) is 4.03. The highest BCUT2D eigenvalue weighted by atomic mass is 16.5. The molecule has 1 aromatic rings. The minimum absolute atomic E-state index is 0.183. The number of carbonyl (C=O) groups excluding carboxylic acids is 2. The van der Waals surface area contributed by atoms with Crippen molar-refractivity contribution in [2.24, 2.45) is 5.73 Å². The number of aryl methyl sites for hydroxylation is 1. The molecule has 14 heavy (non-hydrogen) atoms. The molecule has 0 atom stereocenters. The molecule has 0 heterocycles. The lowest BCUT2D eigenvalue weighted by atomic mass is 10.0. The summed E-state index contributed by atoms with van der Waals surface area (Å²) in [5, 5.41) is 0. The summed E-state index contributed by atoms with van der Waals surface area (Å²) in [6.45, 7) is 1.79. The van der Waals surface area contributed by atoms with Crippen LogP contribution in [0.15, 0.2) is 12.1 Å². The van der Waals surface area contributed by atoms with Gasteiger partial charge in [0.15, 0.2) is 6.29 Å². The zero-order valence-electron chi connectivity index (χ0n) is 8.03. The molecule has 0 aromatic heterocycles. The summed E-state index contributed by atoms with van der Waals surface area (Å²) < 4.78 is 5.01. The summed E-state index contributed by atoms with van der Waals surface area (Å²) in [5.74, 6) is -0.0881. The molecule has 0 aliphatic rings. The van der Waals surface area contributed by atoms with E-state index in [1.807, 2.05) is 0 Å². The molecule has 74 valence electrons. The number of ether oxygens (including phenoxy) is 1. The molecule has 0 bridgehead atoms. The Labute approximate surface area is 81.7 Å². The van der Waals surface area contributed by atoms with Crippen molar-refractivity contribution >= 4 is 12.2 Å². The van der Waals surface area contributed by atoms with Crippen molar-refractivity contribution in [3.63, 3.8) is 0 Å². The SMILES string of the molecule is COc1cc(C(N)=O)c(C=O)cc1C. The molecule has 2 N–H and O–H groups in total. The number of primary amides is 1. The van der Waals surface area contributed by atoms with Gasteiger partial charge in [-0.15, -0.1) is 0 Å². The quantitative estimate of drug-likeness (QED) is 0.725. The summed E-state index contributed by atoms with van der Waals surface area (Å²) in [6, 6.07) is 3.05. The summed E-state index contributed by atoms with van der Waals surface area (Å²) in [7, 11) is 1.49. The maximum atomic E-state index is 11.0. The molecule has 1 amide bonds. The lowest BCUT2D eigenvalue weighted by Crippen LogP contribution is -2.14. The van der Waals surface area contributed by atoms with Gasteiger partial charge in [0.1, 0.15) is 5.75 Å². The first-order chi connectivity index (χ1) is 6.60. The van der Waals surface area contributed by atoms with Gasteiger partial charge in [-0.1, -0.05) is 0 Å². The van der Waals surface area contributed by atoms with Gasteiger partial charge in [0, 0.05) is 5.56 Å². The molecule has 0 saturated carbocycles. The number of methoxy groups -OCH3 is 1. The van der Waals surface area contributed by atoms with Crippen LogP contribution >= 0.6 is 0 Å². The highest BCUT2D eigenvalue weighted by molar-refractivity contribution is 6.01. The van der Waals surface area contributed by atoms with E-state index in [4.69, 9.17) is 10.5 Å². The minimum Gasteiger partial charge on any atom is -0.496 e. The fourth-order valence-corrected chi connectivity index (χ4v) is 1.24. The van der Waals surface area contributed by atoms with Crippen molar-refractivity contribution in [2.45, 2.75) is 6.92 Å². The number of aldehydes is 1. The minimum atomic E-state index is -0.634. The normalized spacial score (nSPS) is 9.57. The van der Waals surface area contributed by atoms with Crippen LogP contribution in [0.5, 0.6) is 5.75 Å². The Morgan fingerprint density at radius 2 is 2.14 bits per heavy atom. The van der Waals surface area contributed by atoms with Gasteiger partial charge >= 0.3 is 0 Å². The van der Waals surface area contributed by atoms with Gasteiger partial charge in [0.2, 0.25) is 5.91 Å². The van der Waals surface area contributed by atoms with Crippen LogP contribution in [0.2, 0.25) is 0 Å². The van der Waals surface area contributed by atoms with Crippen molar-refractivity contribution in [1.29, 1.82) is 0 Å². The molecule has 0 unspecified atom stereocenters. The molecule has 0 fully saturated rings. The van der Waals surface area contributed by atoms with E-state index >= 15 is 0 Å². The van der Waals surface area contributed by atoms with Gasteiger partial charge in [-0.2, -0.15) is 0 Å². The molecule has 1 aromatic carbocycles. The van der Waals surface area contributed by atoms with E-state index in [0.717, 1.165) is 5.56 Å². The number of benzene rings is 1. The summed E-state index contributed by atoms with van der Waals surface area (Å²) in [6.07, 6.45) is 0.604. The molecule has 0 aliphatic heterocycles. The predicted octanol–water partition coefficient (Wildman–Crippen LogP) is 0.915. The van der Waals surface area contributed by atoms with Gasteiger partial charge in [0.25, 0.3) is 0 Å². The van der Waals surface area contributed by atoms with Crippen molar-refractivity contribution < 1.29 is 14.3 Å². The van der Waals surface area contributed by atoms with Crippen molar-refractivity contribution in [3.05, 3.63) is 28.8 Å². The fraction of sp³-hybridized carbons (Fsp3) is 0.200. The van der Waals surface area contributed by atoms with Gasteiger partial charge in [0.05, 0.1) is 12.7 Å². The molecule has 1 rings (SSSR count). The van der Waals surface area contributed by atoms with Crippen molar-refractivity contribution in [1.82, 2.24) is 0 Å². The van der Waals surface area contributed by atoms with Crippen LogP contribution in [0.1, 0.15) is 26.3 Å². The number of nitrogens with two attached hydrogens (primary N) is 1.